The Bertz CT molecular complexity index is 1390. The summed E-state index contributed by atoms with van der Waals surface area (Å²) in [4.78, 5) is 36.0. The zero-order chi connectivity index (χ0) is 25.9. The number of hydrogen-bond acceptors (Lipinski definition) is 9. The fourth-order valence-electron chi connectivity index (χ4n) is 4.55. The predicted octanol–water partition coefficient (Wildman–Crippen LogP) is 4.88. The monoisotopic (exact) mass is 514 g/mol. The second-order valence-electron chi connectivity index (χ2n) is 9.20. The summed E-state index contributed by atoms with van der Waals surface area (Å²) < 4.78 is 0. The summed E-state index contributed by atoms with van der Waals surface area (Å²) in [7, 11) is 0. The molecule has 0 unspecified atom stereocenters. The van der Waals surface area contributed by atoms with Gasteiger partial charge in [-0.05, 0) is 51.0 Å². The van der Waals surface area contributed by atoms with Crippen molar-refractivity contribution in [2.24, 2.45) is 0 Å². The molecule has 0 saturated carbocycles. The zero-order valence-electron chi connectivity index (χ0n) is 21.4. The highest BCUT2D eigenvalue weighted by Crippen LogP contribution is 2.26. The summed E-state index contributed by atoms with van der Waals surface area (Å²) in [6.07, 6.45) is 1.57. The quantitative estimate of drug-likeness (QED) is 0.375. The van der Waals surface area contributed by atoms with Crippen LogP contribution in [0.3, 0.4) is 0 Å². The van der Waals surface area contributed by atoms with Gasteiger partial charge in [-0.1, -0.05) is 47.2 Å². The van der Waals surface area contributed by atoms with Crippen LogP contribution in [-0.4, -0.2) is 52.0 Å². The number of anilines is 5. The molecule has 3 heterocycles. The van der Waals surface area contributed by atoms with Crippen LogP contribution >= 0.6 is 11.3 Å². The Morgan fingerprint density at radius 2 is 1.57 bits per heavy atom. The maximum absolute atomic E-state index is 12.9. The van der Waals surface area contributed by atoms with E-state index in [0.717, 1.165) is 43.0 Å². The summed E-state index contributed by atoms with van der Waals surface area (Å²) in [6, 6.07) is 14.5. The minimum atomic E-state index is -0.190. The van der Waals surface area contributed by atoms with Gasteiger partial charge in [0.1, 0.15) is 10.7 Å². The Kier molecular flexibility index (Phi) is 7.00. The van der Waals surface area contributed by atoms with Crippen LogP contribution in [0.15, 0.2) is 48.7 Å². The average molecular weight is 515 g/mol. The molecule has 1 saturated heterocycles. The number of amides is 1. The maximum atomic E-state index is 12.9. The van der Waals surface area contributed by atoms with Crippen molar-refractivity contribution < 1.29 is 4.79 Å². The number of thiazole rings is 1. The van der Waals surface area contributed by atoms with Crippen LogP contribution in [0.2, 0.25) is 0 Å². The van der Waals surface area contributed by atoms with Crippen LogP contribution < -0.4 is 20.4 Å². The highest BCUT2D eigenvalue weighted by Gasteiger charge is 2.21. The lowest BCUT2D eigenvalue weighted by atomic mass is 10.1. The van der Waals surface area contributed by atoms with Gasteiger partial charge in [-0.2, -0.15) is 15.0 Å². The number of hydrogen-bond donors (Lipinski definition) is 2. The minimum absolute atomic E-state index is 0.190. The molecule has 2 aromatic carbocycles. The first-order chi connectivity index (χ1) is 17.9. The Morgan fingerprint density at radius 1 is 0.892 bits per heavy atom. The molecule has 0 radical (unpaired) electrons. The van der Waals surface area contributed by atoms with E-state index in [2.05, 4.69) is 76.8 Å². The fourth-order valence-corrected chi connectivity index (χ4v) is 5.26. The van der Waals surface area contributed by atoms with Gasteiger partial charge in [0, 0.05) is 37.6 Å². The molecule has 1 fully saturated rings. The molecular weight excluding hydrogens is 484 g/mol. The van der Waals surface area contributed by atoms with Crippen LogP contribution in [0.4, 0.5) is 28.4 Å². The highest BCUT2D eigenvalue weighted by atomic mass is 32.1. The number of nitrogens with one attached hydrogen (secondary N) is 2. The molecule has 2 aromatic heterocycles. The topological polar surface area (TPSA) is 99.2 Å². The van der Waals surface area contributed by atoms with Crippen molar-refractivity contribution in [1.82, 2.24) is 19.9 Å². The third-order valence-corrected chi connectivity index (χ3v) is 7.19. The first-order valence-corrected chi connectivity index (χ1v) is 13.1. The van der Waals surface area contributed by atoms with Gasteiger partial charge >= 0.3 is 0 Å². The Balaban J connectivity index is 1.25. The van der Waals surface area contributed by atoms with E-state index in [-0.39, 0.29) is 5.91 Å². The van der Waals surface area contributed by atoms with E-state index in [4.69, 9.17) is 0 Å². The van der Waals surface area contributed by atoms with E-state index in [1.165, 1.54) is 22.6 Å². The third kappa shape index (κ3) is 5.69. The van der Waals surface area contributed by atoms with Crippen LogP contribution in [0.5, 0.6) is 0 Å². The van der Waals surface area contributed by atoms with Gasteiger partial charge in [-0.25, -0.2) is 4.98 Å². The number of carbonyl (C=O) groups is 1. The van der Waals surface area contributed by atoms with Crippen molar-refractivity contribution in [2.45, 2.75) is 27.7 Å². The summed E-state index contributed by atoms with van der Waals surface area (Å²) in [6.45, 7) is 11.3. The molecular formula is C27H30N8OS. The molecule has 0 aliphatic carbocycles. The van der Waals surface area contributed by atoms with E-state index in [1.807, 2.05) is 33.8 Å². The van der Waals surface area contributed by atoms with E-state index in [1.54, 1.807) is 6.20 Å². The second-order valence-corrected chi connectivity index (χ2v) is 10.2. The van der Waals surface area contributed by atoms with E-state index in [0.29, 0.717) is 27.7 Å². The molecule has 1 amide bonds. The van der Waals surface area contributed by atoms with E-state index in [9.17, 15) is 4.79 Å². The lowest BCUT2D eigenvalue weighted by Crippen LogP contribution is -2.47. The molecule has 0 atom stereocenters. The number of aryl methyl sites for hydroxylation is 4. The van der Waals surface area contributed by atoms with Gasteiger partial charge < -0.3 is 15.1 Å². The molecule has 5 rings (SSSR count). The summed E-state index contributed by atoms with van der Waals surface area (Å²) in [5.74, 6) is 1.49. The maximum Gasteiger partial charge on any atom is 0.267 e. The van der Waals surface area contributed by atoms with Crippen molar-refractivity contribution in [2.75, 3.05) is 46.6 Å². The number of aromatic nitrogens is 4. The van der Waals surface area contributed by atoms with Gasteiger partial charge in [-0.3, -0.25) is 10.1 Å². The number of rotatable bonds is 6. The van der Waals surface area contributed by atoms with Crippen LogP contribution in [0.1, 0.15) is 32.2 Å². The lowest BCUT2D eigenvalue weighted by molar-refractivity contribution is 0.103. The number of piperazine rings is 1. The number of benzene rings is 2. The van der Waals surface area contributed by atoms with Crippen molar-refractivity contribution in [3.63, 3.8) is 0 Å². The first-order valence-electron chi connectivity index (χ1n) is 12.3. The van der Waals surface area contributed by atoms with Crippen LogP contribution in [0.25, 0.3) is 0 Å². The Hall–Kier alpha value is -4.05. The van der Waals surface area contributed by atoms with Gasteiger partial charge in [-0.15, -0.1) is 0 Å². The van der Waals surface area contributed by atoms with E-state index < -0.39 is 0 Å². The molecule has 0 bridgehead atoms. The molecule has 2 N–H and O–H groups in total. The van der Waals surface area contributed by atoms with Crippen LogP contribution in [-0.2, 0) is 0 Å². The molecule has 0 spiro atoms. The highest BCUT2D eigenvalue weighted by molar-refractivity contribution is 7.17. The number of nitrogens with zero attached hydrogens (tertiary/aromatic N) is 6. The van der Waals surface area contributed by atoms with Crippen molar-refractivity contribution in [3.8, 4) is 0 Å². The summed E-state index contributed by atoms with van der Waals surface area (Å²) >= 11 is 1.26. The number of para-hydroxylation sites is 1. The molecule has 10 heteroatoms. The van der Waals surface area contributed by atoms with Crippen molar-refractivity contribution in [3.05, 3.63) is 76.1 Å². The average Bonchev–Trinajstić information content (AvgIpc) is 3.35. The normalized spacial score (nSPS) is 13.5. The summed E-state index contributed by atoms with van der Waals surface area (Å²) in [5.41, 5.74) is 5.30. The number of carbonyl (C=O) groups excluding carboxylic acids is 1. The van der Waals surface area contributed by atoms with Gasteiger partial charge in [0.25, 0.3) is 5.91 Å². The molecule has 4 aromatic rings. The SMILES string of the molecule is Cc1cc(C)c(NC(=O)c2cnc(Nc3nc(C)nc(N4CCN(c5ccccc5)CC4)n3)s2)c(C)c1. The molecule has 1 aliphatic rings. The summed E-state index contributed by atoms with van der Waals surface area (Å²) in [5, 5.41) is 6.73. The zero-order valence-corrected chi connectivity index (χ0v) is 22.3. The van der Waals surface area contributed by atoms with Gasteiger partial charge in [0.2, 0.25) is 11.9 Å². The van der Waals surface area contributed by atoms with E-state index >= 15 is 0 Å². The standard InChI is InChI=1S/C27H30N8OS/c1-17-14-18(2)23(19(3)15-17)31-24(36)22-16-28-27(37-22)33-25-29-20(4)30-26(32-25)35-12-10-34(11-13-35)21-8-6-5-7-9-21/h5-9,14-16H,10-13H2,1-4H3,(H,31,36)(H,28,29,30,32,33). The largest absolute Gasteiger partial charge is 0.368 e. The third-order valence-electron chi connectivity index (χ3n) is 6.28. The lowest BCUT2D eigenvalue weighted by Gasteiger charge is -2.36. The first kappa shape index (κ1) is 24.6. The fraction of sp³-hybridized carbons (Fsp3) is 0.296. The van der Waals surface area contributed by atoms with Crippen molar-refractivity contribution >= 4 is 45.6 Å². The van der Waals surface area contributed by atoms with Gasteiger partial charge in [0.15, 0.2) is 5.13 Å². The Morgan fingerprint density at radius 3 is 2.27 bits per heavy atom. The second kappa shape index (κ2) is 10.5. The molecule has 37 heavy (non-hydrogen) atoms. The molecule has 190 valence electrons. The Labute approximate surface area is 220 Å². The molecule has 1 aliphatic heterocycles. The molecule has 9 nitrogen and oxygen atoms in total. The smallest absolute Gasteiger partial charge is 0.267 e. The predicted molar refractivity (Wildman–Crippen MR) is 149 cm³/mol. The minimum Gasteiger partial charge on any atom is -0.368 e. The van der Waals surface area contributed by atoms with Gasteiger partial charge in [0.05, 0.1) is 6.20 Å². The van der Waals surface area contributed by atoms with Crippen molar-refractivity contribution in [1.29, 1.82) is 0 Å². The van der Waals surface area contributed by atoms with Crippen LogP contribution in [0, 0.1) is 27.7 Å².